The van der Waals surface area contributed by atoms with Crippen molar-refractivity contribution in [1.82, 2.24) is 0 Å². The molecule has 0 N–H and O–H groups in total. The third-order valence-electron chi connectivity index (χ3n) is 4.20. The molecule has 0 aliphatic heterocycles. The molecule has 0 heterocycles. The summed E-state index contributed by atoms with van der Waals surface area (Å²) in [6.45, 7) is 4.38. The van der Waals surface area contributed by atoms with Gasteiger partial charge in [0.15, 0.2) is 0 Å². The van der Waals surface area contributed by atoms with Gasteiger partial charge in [-0.1, -0.05) is 52.3 Å². The van der Waals surface area contributed by atoms with E-state index in [1.165, 1.54) is 48.6 Å². The molecule has 0 atom stereocenters. The number of fused-ring (bicyclic) bond motifs is 3. The Morgan fingerprint density at radius 3 is 2.05 bits per heavy atom. The molecule has 0 aromatic heterocycles. The van der Waals surface area contributed by atoms with Crippen molar-refractivity contribution in [2.45, 2.75) is 13.8 Å². The number of aryl methyl sites for hydroxylation is 2. The zero-order chi connectivity index (χ0) is 13.1. The van der Waals surface area contributed by atoms with Crippen LogP contribution >= 0.6 is 15.9 Å². The van der Waals surface area contributed by atoms with E-state index in [1.54, 1.807) is 0 Å². The Morgan fingerprint density at radius 2 is 1.37 bits per heavy atom. The van der Waals surface area contributed by atoms with E-state index in [1.807, 2.05) is 0 Å². The highest BCUT2D eigenvalue weighted by molar-refractivity contribution is 9.10. The third kappa shape index (κ3) is 1.39. The molecule has 1 aliphatic carbocycles. The minimum atomic E-state index is 1.18. The Hall–Kier alpha value is -1.60. The number of halogens is 1. The molecule has 4 rings (SSSR count). The quantitative estimate of drug-likeness (QED) is 0.381. The Bertz CT molecular complexity index is 809. The molecule has 0 amide bonds. The molecule has 0 unspecified atom stereocenters. The van der Waals surface area contributed by atoms with Crippen molar-refractivity contribution in [2.75, 3.05) is 0 Å². The summed E-state index contributed by atoms with van der Waals surface area (Å²) in [5.74, 6) is 0. The van der Waals surface area contributed by atoms with Crippen molar-refractivity contribution in [3.05, 3.63) is 58.1 Å². The maximum absolute atomic E-state index is 3.67. The van der Waals surface area contributed by atoms with E-state index >= 15 is 0 Å². The molecule has 1 heteroatoms. The fourth-order valence-corrected chi connectivity index (χ4v) is 3.54. The molecular weight excluding hydrogens is 296 g/mol. The van der Waals surface area contributed by atoms with Crippen LogP contribution in [0.2, 0.25) is 0 Å². The van der Waals surface area contributed by atoms with Crippen molar-refractivity contribution in [3.63, 3.8) is 0 Å². The number of hydrogen-bond acceptors (Lipinski definition) is 0. The molecule has 0 saturated carbocycles. The molecule has 0 spiro atoms. The van der Waals surface area contributed by atoms with Crippen LogP contribution in [0.3, 0.4) is 0 Å². The van der Waals surface area contributed by atoms with E-state index in [0.717, 1.165) is 0 Å². The first-order chi connectivity index (χ1) is 9.16. The van der Waals surface area contributed by atoms with Gasteiger partial charge in [-0.3, -0.25) is 0 Å². The lowest BCUT2D eigenvalue weighted by Crippen LogP contribution is -1.84. The Labute approximate surface area is 121 Å². The van der Waals surface area contributed by atoms with Crippen LogP contribution in [-0.2, 0) is 0 Å². The largest absolute Gasteiger partial charge is 0.0610 e. The maximum atomic E-state index is 3.67. The van der Waals surface area contributed by atoms with Crippen LogP contribution in [0.1, 0.15) is 11.1 Å². The summed E-state index contributed by atoms with van der Waals surface area (Å²) in [5, 5.41) is 2.69. The standard InChI is InChI=1S/C18H13Br/c1-10-8-15-12-4-3-5-14-17(19)7-6-13(18(12)14)16(15)9-11(10)2/h3-9H,1-2H3. The van der Waals surface area contributed by atoms with Gasteiger partial charge in [0.2, 0.25) is 0 Å². The average molecular weight is 309 g/mol. The molecule has 92 valence electrons. The lowest BCUT2D eigenvalue weighted by Gasteiger charge is -2.06. The van der Waals surface area contributed by atoms with E-state index in [4.69, 9.17) is 0 Å². The van der Waals surface area contributed by atoms with Crippen molar-refractivity contribution in [3.8, 4) is 22.3 Å². The van der Waals surface area contributed by atoms with Gasteiger partial charge < -0.3 is 0 Å². The summed E-state index contributed by atoms with van der Waals surface area (Å²) in [5.41, 5.74) is 8.22. The molecule has 3 aromatic carbocycles. The van der Waals surface area contributed by atoms with Crippen LogP contribution in [0.4, 0.5) is 0 Å². The van der Waals surface area contributed by atoms with Crippen LogP contribution in [0, 0.1) is 13.8 Å². The van der Waals surface area contributed by atoms with Gasteiger partial charge in [-0.15, -0.1) is 0 Å². The molecule has 3 aromatic rings. The van der Waals surface area contributed by atoms with Crippen molar-refractivity contribution in [1.29, 1.82) is 0 Å². The average Bonchev–Trinajstić information content (AvgIpc) is 2.70. The third-order valence-corrected chi connectivity index (χ3v) is 4.89. The highest BCUT2D eigenvalue weighted by Crippen LogP contribution is 2.49. The minimum Gasteiger partial charge on any atom is -0.0610 e. The van der Waals surface area contributed by atoms with E-state index in [2.05, 4.69) is 72.2 Å². The van der Waals surface area contributed by atoms with Gasteiger partial charge in [0, 0.05) is 4.47 Å². The summed E-state index contributed by atoms with van der Waals surface area (Å²) in [7, 11) is 0. The minimum absolute atomic E-state index is 1.18. The SMILES string of the molecule is Cc1cc2c(cc1C)-c1ccc(Br)c3cccc-2c13. The first-order valence-electron chi connectivity index (χ1n) is 6.50. The second-order valence-electron chi connectivity index (χ2n) is 5.31. The first-order valence-corrected chi connectivity index (χ1v) is 7.29. The van der Waals surface area contributed by atoms with E-state index in [-0.39, 0.29) is 0 Å². The Morgan fingerprint density at radius 1 is 0.737 bits per heavy atom. The van der Waals surface area contributed by atoms with Crippen molar-refractivity contribution >= 4 is 26.7 Å². The lowest BCUT2D eigenvalue weighted by atomic mass is 9.98. The van der Waals surface area contributed by atoms with Gasteiger partial charge in [-0.25, -0.2) is 0 Å². The molecule has 19 heavy (non-hydrogen) atoms. The highest BCUT2D eigenvalue weighted by atomic mass is 79.9. The van der Waals surface area contributed by atoms with Gasteiger partial charge in [-0.2, -0.15) is 0 Å². The van der Waals surface area contributed by atoms with Crippen LogP contribution in [0.15, 0.2) is 46.9 Å². The Balaban J connectivity index is 2.24. The van der Waals surface area contributed by atoms with Gasteiger partial charge in [0.05, 0.1) is 0 Å². The molecule has 0 saturated heterocycles. The highest BCUT2D eigenvalue weighted by Gasteiger charge is 2.22. The summed E-state index contributed by atoms with van der Waals surface area (Å²) in [6.07, 6.45) is 0. The van der Waals surface area contributed by atoms with Crippen LogP contribution in [-0.4, -0.2) is 0 Å². The monoisotopic (exact) mass is 308 g/mol. The lowest BCUT2D eigenvalue weighted by molar-refractivity contribution is 1.35. The van der Waals surface area contributed by atoms with Gasteiger partial charge in [-0.05, 0) is 64.1 Å². The summed E-state index contributed by atoms with van der Waals surface area (Å²) < 4.78 is 1.18. The predicted octanol–water partition coefficient (Wildman–Crippen LogP) is 5.87. The van der Waals surface area contributed by atoms with Gasteiger partial charge in [0.25, 0.3) is 0 Å². The van der Waals surface area contributed by atoms with Gasteiger partial charge in [0.1, 0.15) is 0 Å². The Kier molecular flexibility index (Phi) is 2.19. The zero-order valence-electron chi connectivity index (χ0n) is 10.9. The predicted molar refractivity (Wildman–Crippen MR) is 85.6 cm³/mol. The van der Waals surface area contributed by atoms with E-state index < -0.39 is 0 Å². The van der Waals surface area contributed by atoms with Crippen molar-refractivity contribution < 1.29 is 0 Å². The first kappa shape index (κ1) is 11.2. The molecule has 0 radical (unpaired) electrons. The summed E-state index contributed by atoms with van der Waals surface area (Å²) in [6, 6.07) is 15.6. The molecule has 1 aliphatic rings. The number of benzene rings is 3. The topological polar surface area (TPSA) is 0 Å². The smallest absolute Gasteiger partial charge is 0.0254 e. The maximum Gasteiger partial charge on any atom is 0.0254 e. The number of hydrogen-bond donors (Lipinski definition) is 0. The van der Waals surface area contributed by atoms with Crippen LogP contribution < -0.4 is 0 Å². The second kappa shape index (κ2) is 3.71. The van der Waals surface area contributed by atoms with Crippen LogP contribution in [0.5, 0.6) is 0 Å². The fraction of sp³-hybridized carbons (Fsp3) is 0.111. The van der Waals surface area contributed by atoms with Crippen molar-refractivity contribution in [2.24, 2.45) is 0 Å². The molecule has 0 bridgehead atoms. The number of rotatable bonds is 0. The molecule has 0 fully saturated rings. The molecular formula is C18H13Br. The van der Waals surface area contributed by atoms with E-state index in [9.17, 15) is 0 Å². The molecule has 0 nitrogen and oxygen atoms in total. The normalized spacial score (nSPS) is 11.9. The second-order valence-corrected chi connectivity index (χ2v) is 6.16. The van der Waals surface area contributed by atoms with E-state index in [0.29, 0.717) is 0 Å². The fourth-order valence-electron chi connectivity index (χ4n) is 3.08. The zero-order valence-corrected chi connectivity index (χ0v) is 12.5. The van der Waals surface area contributed by atoms with Gasteiger partial charge >= 0.3 is 0 Å². The van der Waals surface area contributed by atoms with Crippen LogP contribution in [0.25, 0.3) is 33.0 Å². The summed E-state index contributed by atoms with van der Waals surface area (Å²) >= 11 is 3.67. The summed E-state index contributed by atoms with van der Waals surface area (Å²) in [4.78, 5) is 0.